The third kappa shape index (κ3) is 3.68. The summed E-state index contributed by atoms with van der Waals surface area (Å²) in [5.41, 5.74) is 0.375. The first-order valence-electron chi connectivity index (χ1n) is 5.98. The number of rotatable bonds is 6. The summed E-state index contributed by atoms with van der Waals surface area (Å²) in [5.74, 6) is -0.198. The molecule has 1 atom stereocenters. The van der Waals surface area contributed by atoms with Gasteiger partial charge in [-0.05, 0) is 26.7 Å². The molecule has 2 N–H and O–H groups in total. The number of hydrogen-bond donors (Lipinski definition) is 2. The number of nitrogens with one attached hydrogen (secondary N) is 1. The number of aliphatic hydroxyl groups excluding tert-OH is 1. The van der Waals surface area contributed by atoms with Crippen molar-refractivity contribution in [1.82, 2.24) is 9.88 Å². The summed E-state index contributed by atoms with van der Waals surface area (Å²) < 4.78 is 1.45. The highest BCUT2D eigenvalue weighted by Crippen LogP contribution is 2.13. The molecule has 5 nitrogen and oxygen atoms in total. The largest absolute Gasteiger partial charge is 0.396 e. The van der Waals surface area contributed by atoms with Gasteiger partial charge < -0.3 is 10.4 Å². The van der Waals surface area contributed by atoms with Gasteiger partial charge in [-0.15, -0.1) is 0 Å². The maximum absolute atomic E-state index is 11.9. The van der Waals surface area contributed by atoms with E-state index in [9.17, 15) is 9.59 Å². The summed E-state index contributed by atoms with van der Waals surface area (Å²) in [6.07, 6.45) is 1.24. The van der Waals surface area contributed by atoms with Crippen molar-refractivity contribution in [3.05, 3.63) is 20.7 Å². The first kappa shape index (κ1) is 14.9. The molecule has 0 radical (unpaired) electrons. The number of carbonyl (C=O) groups excluding carboxylic acids is 1. The number of carbonyl (C=O) groups is 1. The summed E-state index contributed by atoms with van der Waals surface area (Å²) >= 11 is 1.09. The van der Waals surface area contributed by atoms with Gasteiger partial charge in [-0.2, -0.15) is 0 Å². The fraction of sp³-hybridized carbons (Fsp3) is 0.667. The molecule has 0 aliphatic rings. The second-order valence-electron chi connectivity index (χ2n) is 4.67. The molecule has 0 aromatic carbocycles. The van der Waals surface area contributed by atoms with E-state index in [-0.39, 0.29) is 23.9 Å². The van der Waals surface area contributed by atoms with Gasteiger partial charge in [0.15, 0.2) is 0 Å². The van der Waals surface area contributed by atoms with E-state index in [4.69, 9.17) is 5.11 Å². The molecule has 0 bridgehead atoms. The average molecular weight is 272 g/mol. The molecule has 1 heterocycles. The minimum absolute atomic E-state index is 0.0298. The number of aromatic nitrogens is 1. The number of nitrogens with zero attached hydrogens (tertiary/aromatic N) is 1. The van der Waals surface area contributed by atoms with Crippen LogP contribution >= 0.6 is 11.3 Å². The van der Waals surface area contributed by atoms with Gasteiger partial charge in [0.1, 0.15) is 6.54 Å². The van der Waals surface area contributed by atoms with Crippen molar-refractivity contribution in [1.29, 1.82) is 0 Å². The second-order valence-corrected chi connectivity index (χ2v) is 5.49. The monoisotopic (exact) mass is 272 g/mol. The lowest BCUT2D eigenvalue weighted by atomic mass is 9.95. The van der Waals surface area contributed by atoms with Crippen LogP contribution in [0.3, 0.4) is 0 Å². The van der Waals surface area contributed by atoms with Gasteiger partial charge in [0.2, 0.25) is 5.91 Å². The van der Waals surface area contributed by atoms with E-state index in [1.165, 1.54) is 4.57 Å². The number of hydrogen-bond acceptors (Lipinski definition) is 4. The molecule has 0 aliphatic carbocycles. The normalized spacial score (nSPS) is 14.2. The van der Waals surface area contributed by atoms with Crippen molar-refractivity contribution < 1.29 is 9.90 Å². The van der Waals surface area contributed by atoms with Crippen molar-refractivity contribution >= 4 is 17.2 Å². The molecule has 0 aliphatic heterocycles. The van der Waals surface area contributed by atoms with Crippen LogP contribution in [-0.4, -0.2) is 27.7 Å². The summed E-state index contributed by atoms with van der Waals surface area (Å²) in [5, 5.41) is 13.6. The summed E-state index contributed by atoms with van der Waals surface area (Å²) in [7, 11) is 0. The Hall–Kier alpha value is -1.14. The van der Waals surface area contributed by atoms with Crippen molar-refractivity contribution in [3.8, 4) is 0 Å². The third-order valence-electron chi connectivity index (χ3n) is 3.16. The van der Waals surface area contributed by atoms with E-state index in [0.29, 0.717) is 6.42 Å². The zero-order valence-electron chi connectivity index (χ0n) is 11.0. The van der Waals surface area contributed by atoms with Crippen molar-refractivity contribution in [2.45, 2.75) is 45.7 Å². The van der Waals surface area contributed by atoms with Crippen LogP contribution in [0.25, 0.3) is 0 Å². The number of aryl methyl sites for hydroxylation is 1. The predicted octanol–water partition coefficient (Wildman–Crippen LogP) is 0.886. The van der Waals surface area contributed by atoms with Gasteiger partial charge >= 0.3 is 4.87 Å². The van der Waals surface area contributed by atoms with Crippen LogP contribution < -0.4 is 10.2 Å². The molecule has 1 amide bonds. The van der Waals surface area contributed by atoms with Gasteiger partial charge in [-0.1, -0.05) is 18.3 Å². The number of aliphatic hydroxyl groups is 1. The van der Waals surface area contributed by atoms with Crippen LogP contribution in [-0.2, 0) is 11.3 Å². The first-order valence-corrected chi connectivity index (χ1v) is 6.86. The highest BCUT2D eigenvalue weighted by atomic mass is 32.1. The van der Waals surface area contributed by atoms with E-state index in [1.807, 2.05) is 13.8 Å². The van der Waals surface area contributed by atoms with Gasteiger partial charge in [0.05, 0.1) is 0 Å². The van der Waals surface area contributed by atoms with E-state index in [2.05, 4.69) is 5.32 Å². The lowest BCUT2D eigenvalue weighted by Crippen LogP contribution is -2.47. The Labute approximate surface area is 110 Å². The second kappa shape index (κ2) is 6.15. The number of amides is 1. The quantitative estimate of drug-likeness (QED) is 0.807. The molecule has 1 aromatic rings. The summed E-state index contributed by atoms with van der Waals surface area (Å²) in [4.78, 5) is 23.3. The fourth-order valence-electron chi connectivity index (χ4n) is 1.69. The topological polar surface area (TPSA) is 71.3 Å². The van der Waals surface area contributed by atoms with E-state index >= 15 is 0 Å². The number of thiazole rings is 1. The predicted molar refractivity (Wildman–Crippen MR) is 71.9 cm³/mol. The van der Waals surface area contributed by atoms with Crippen molar-refractivity contribution in [3.63, 3.8) is 0 Å². The Morgan fingerprint density at radius 3 is 2.72 bits per heavy atom. The van der Waals surface area contributed by atoms with Crippen LogP contribution in [0.1, 0.15) is 32.4 Å². The highest BCUT2D eigenvalue weighted by molar-refractivity contribution is 7.07. The Bertz CT molecular complexity index is 466. The third-order valence-corrected chi connectivity index (χ3v) is 4.04. The molecule has 102 valence electrons. The van der Waals surface area contributed by atoms with Crippen LogP contribution in [0.15, 0.2) is 10.2 Å². The molecular formula is C12H20N2O3S. The van der Waals surface area contributed by atoms with Crippen molar-refractivity contribution in [2.75, 3.05) is 6.61 Å². The van der Waals surface area contributed by atoms with Gasteiger partial charge in [-0.25, -0.2) is 0 Å². The van der Waals surface area contributed by atoms with Crippen molar-refractivity contribution in [2.24, 2.45) is 0 Å². The molecule has 6 heteroatoms. The van der Waals surface area contributed by atoms with Gasteiger partial charge in [0, 0.05) is 23.2 Å². The van der Waals surface area contributed by atoms with E-state index in [0.717, 1.165) is 23.5 Å². The zero-order chi connectivity index (χ0) is 13.8. The average Bonchev–Trinajstić information content (AvgIpc) is 2.61. The Kier molecular flexibility index (Phi) is 5.10. The van der Waals surface area contributed by atoms with Crippen LogP contribution in [0.5, 0.6) is 0 Å². The maximum atomic E-state index is 11.9. The molecule has 1 unspecified atom stereocenters. The summed E-state index contributed by atoms with van der Waals surface area (Å²) in [6, 6.07) is 0. The molecule has 0 fully saturated rings. The molecule has 1 rings (SSSR count). The van der Waals surface area contributed by atoms with E-state index < -0.39 is 5.54 Å². The standard InChI is InChI=1S/C12H20N2O3S/c1-4-12(3,5-6-15)13-10(16)7-14-9(2)8-18-11(14)17/h8,15H,4-7H2,1-3H3,(H,13,16). The van der Waals surface area contributed by atoms with Gasteiger partial charge in [0.25, 0.3) is 0 Å². The SMILES string of the molecule is CCC(C)(CCO)NC(=O)Cn1c(C)csc1=O. The Balaban J connectivity index is 2.70. The molecule has 0 spiro atoms. The van der Waals surface area contributed by atoms with Crippen LogP contribution in [0.2, 0.25) is 0 Å². The molecule has 18 heavy (non-hydrogen) atoms. The molecular weight excluding hydrogens is 252 g/mol. The molecule has 0 saturated heterocycles. The Morgan fingerprint density at radius 1 is 1.61 bits per heavy atom. The minimum atomic E-state index is -0.417. The van der Waals surface area contributed by atoms with Crippen LogP contribution in [0.4, 0.5) is 0 Å². The minimum Gasteiger partial charge on any atom is -0.396 e. The molecule has 0 saturated carbocycles. The first-order chi connectivity index (χ1) is 8.41. The summed E-state index contributed by atoms with van der Waals surface area (Å²) in [6.45, 7) is 5.72. The lowest BCUT2D eigenvalue weighted by Gasteiger charge is -2.29. The fourth-order valence-corrected chi connectivity index (χ4v) is 2.42. The van der Waals surface area contributed by atoms with Crippen LogP contribution in [0, 0.1) is 6.92 Å². The van der Waals surface area contributed by atoms with Gasteiger partial charge in [-0.3, -0.25) is 14.2 Å². The highest BCUT2D eigenvalue weighted by Gasteiger charge is 2.23. The lowest BCUT2D eigenvalue weighted by molar-refractivity contribution is -0.123. The Morgan fingerprint density at radius 2 is 2.28 bits per heavy atom. The molecule has 1 aromatic heterocycles. The van der Waals surface area contributed by atoms with E-state index in [1.54, 1.807) is 12.3 Å². The maximum Gasteiger partial charge on any atom is 0.307 e. The smallest absolute Gasteiger partial charge is 0.307 e. The zero-order valence-corrected chi connectivity index (χ0v) is 11.8.